The van der Waals surface area contributed by atoms with E-state index in [9.17, 15) is 0 Å². The first-order valence-electron chi connectivity index (χ1n) is 6.09. The third kappa shape index (κ3) is 2.92. The minimum atomic E-state index is 0.946. The van der Waals surface area contributed by atoms with Gasteiger partial charge in [-0.1, -0.05) is 6.07 Å². The van der Waals surface area contributed by atoms with Crippen LogP contribution in [0.3, 0.4) is 0 Å². The molecule has 3 N–H and O–H groups in total. The molecule has 0 aliphatic carbocycles. The van der Waals surface area contributed by atoms with Crippen LogP contribution in [0.1, 0.15) is 20.8 Å². The molecule has 4 heteroatoms. The topological polar surface area (TPSA) is 36.1 Å². The molecular weight excluding hydrogens is 214 g/mol. The summed E-state index contributed by atoms with van der Waals surface area (Å²) in [6.45, 7) is 9.24. The standard InChI is InChI=1S/C12H23N3Si/c1-4-13-9-7-8-10(16)12(15-6-3)11(9)14-5-2/h7-8,13-15H,4-6H2,1-3,16H3. The SMILES string of the molecule is CCNc1ccc([SiH3])c(NCC)c1NCC. The molecule has 90 valence electrons. The van der Waals surface area contributed by atoms with Crippen LogP contribution in [0, 0.1) is 0 Å². The minimum Gasteiger partial charge on any atom is -0.384 e. The quantitative estimate of drug-likeness (QED) is 0.645. The summed E-state index contributed by atoms with van der Waals surface area (Å²) in [6, 6.07) is 4.38. The largest absolute Gasteiger partial charge is 0.384 e. The third-order valence-corrected chi connectivity index (χ3v) is 3.32. The summed E-state index contributed by atoms with van der Waals surface area (Å²) in [5, 5.41) is 11.7. The second-order valence-corrected chi connectivity index (χ2v) is 4.85. The molecule has 0 aromatic heterocycles. The minimum absolute atomic E-state index is 0.946. The Labute approximate surface area is 101 Å². The van der Waals surface area contributed by atoms with Crippen LogP contribution >= 0.6 is 0 Å². The first-order valence-corrected chi connectivity index (χ1v) is 7.09. The molecule has 0 atom stereocenters. The van der Waals surface area contributed by atoms with Crippen molar-refractivity contribution in [2.75, 3.05) is 35.6 Å². The summed E-state index contributed by atoms with van der Waals surface area (Å²) in [5.74, 6) is 0. The smallest absolute Gasteiger partial charge is 0.0809 e. The van der Waals surface area contributed by atoms with Crippen molar-refractivity contribution in [3.05, 3.63) is 12.1 Å². The Kier molecular flexibility index (Phi) is 5.18. The summed E-state index contributed by atoms with van der Waals surface area (Å²) < 4.78 is 0. The predicted octanol–water partition coefficient (Wildman–Crippen LogP) is 0.973. The molecule has 3 nitrogen and oxygen atoms in total. The zero-order valence-electron chi connectivity index (χ0n) is 10.8. The van der Waals surface area contributed by atoms with E-state index in [-0.39, 0.29) is 0 Å². The molecule has 16 heavy (non-hydrogen) atoms. The molecule has 0 aliphatic heterocycles. The average Bonchev–Trinajstić information content (AvgIpc) is 2.27. The fraction of sp³-hybridized carbons (Fsp3) is 0.500. The number of hydrogen-bond acceptors (Lipinski definition) is 3. The monoisotopic (exact) mass is 237 g/mol. The highest BCUT2D eigenvalue weighted by atomic mass is 28.1. The summed E-state index contributed by atoms with van der Waals surface area (Å²) >= 11 is 0. The Hall–Kier alpha value is -1.16. The zero-order valence-corrected chi connectivity index (χ0v) is 12.8. The Morgan fingerprint density at radius 1 is 0.875 bits per heavy atom. The van der Waals surface area contributed by atoms with Gasteiger partial charge in [0.2, 0.25) is 0 Å². The van der Waals surface area contributed by atoms with Gasteiger partial charge in [0.1, 0.15) is 0 Å². The molecule has 1 aromatic rings. The van der Waals surface area contributed by atoms with Crippen molar-refractivity contribution in [2.45, 2.75) is 20.8 Å². The van der Waals surface area contributed by atoms with Gasteiger partial charge in [-0.25, -0.2) is 0 Å². The molecule has 0 spiro atoms. The molecule has 0 saturated heterocycles. The van der Waals surface area contributed by atoms with Gasteiger partial charge in [-0.3, -0.25) is 0 Å². The lowest BCUT2D eigenvalue weighted by molar-refractivity contribution is 1.17. The van der Waals surface area contributed by atoms with Crippen LogP contribution in [-0.4, -0.2) is 29.9 Å². The van der Waals surface area contributed by atoms with Crippen LogP contribution in [0.15, 0.2) is 12.1 Å². The third-order valence-electron chi connectivity index (χ3n) is 2.49. The van der Waals surface area contributed by atoms with Crippen LogP contribution in [-0.2, 0) is 0 Å². The normalized spacial score (nSPS) is 10.2. The van der Waals surface area contributed by atoms with Gasteiger partial charge in [0, 0.05) is 29.9 Å². The molecule has 0 heterocycles. The first-order chi connectivity index (χ1) is 7.74. The molecule has 0 radical (unpaired) electrons. The highest BCUT2D eigenvalue weighted by molar-refractivity contribution is 6.37. The fourth-order valence-electron chi connectivity index (χ4n) is 1.81. The number of nitrogens with one attached hydrogen (secondary N) is 3. The molecule has 0 aliphatic rings. The number of rotatable bonds is 6. The van der Waals surface area contributed by atoms with Crippen molar-refractivity contribution in [3.63, 3.8) is 0 Å². The van der Waals surface area contributed by atoms with E-state index in [1.807, 2.05) is 0 Å². The van der Waals surface area contributed by atoms with Crippen LogP contribution in [0.4, 0.5) is 17.1 Å². The van der Waals surface area contributed by atoms with Crippen LogP contribution in [0.25, 0.3) is 0 Å². The second kappa shape index (κ2) is 6.43. The summed E-state index contributed by atoms with van der Waals surface area (Å²) in [4.78, 5) is 0. The van der Waals surface area contributed by atoms with E-state index in [1.165, 1.54) is 22.2 Å². The number of benzene rings is 1. The van der Waals surface area contributed by atoms with Crippen LogP contribution < -0.4 is 21.1 Å². The van der Waals surface area contributed by atoms with E-state index in [4.69, 9.17) is 0 Å². The summed E-state index contributed by atoms with van der Waals surface area (Å²) in [6.07, 6.45) is 0. The lowest BCUT2D eigenvalue weighted by atomic mass is 10.2. The lowest BCUT2D eigenvalue weighted by Crippen LogP contribution is -2.17. The highest BCUT2D eigenvalue weighted by Gasteiger charge is 2.09. The van der Waals surface area contributed by atoms with Gasteiger partial charge < -0.3 is 16.0 Å². The Morgan fingerprint density at radius 3 is 2.00 bits per heavy atom. The Balaban J connectivity index is 3.14. The van der Waals surface area contributed by atoms with E-state index in [2.05, 4.69) is 48.9 Å². The van der Waals surface area contributed by atoms with Gasteiger partial charge >= 0.3 is 0 Å². The van der Waals surface area contributed by atoms with Crippen molar-refractivity contribution in [3.8, 4) is 0 Å². The first kappa shape index (κ1) is 12.9. The molecule has 1 rings (SSSR count). The van der Waals surface area contributed by atoms with Crippen molar-refractivity contribution in [2.24, 2.45) is 0 Å². The Morgan fingerprint density at radius 2 is 1.44 bits per heavy atom. The average molecular weight is 237 g/mol. The Bertz CT molecular complexity index is 339. The van der Waals surface area contributed by atoms with Gasteiger partial charge in [0.25, 0.3) is 0 Å². The maximum absolute atomic E-state index is 3.46. The van der Waals surface area contributed by atoms with Gasteiger partial charge in [-0.2, -0.15) is 0 Å². The van der Waals surface area contributed by atoms with Crippen LogP contribution in [0.5, 0.6) is 0 Å². The molecule has 0 amide bonds. The highest BCUT2D eigenvalue weighted by Crippen LogP contribution is 2.28. The zero-order chi connectivity index (χ0) is 12.0. The van der Waals surface area contributed by atoms with Gasteiger partial charge in [0.05, 0.1) is 17.1 Å². The number of hydrogen-bond donors (Lipinski definition) is 3. The molecule has 0 unspecified atom stereocenters. The van der Waals surface area contributed by atoms with Gasteiger partial charge in [-0.15, -0.1) is 0 Å². The van der Waals surface area contributed by atoms with Gasteiger partial charge in [-0.05, 0) is 32.0 Å². The van der Waals surface area contributed by atoms with Gasteiger partial charge in [0.15, 0.2) is 0 Å². The van der Waals surface area contributed by atoms with E-state index in [1.54, 1.807) is 0 Å². The predicted molar refractivity (Wildman–Crippen MR) is 78.5 cm³/mol. The number of anilines is 3. The van der Waals surface area contributed by atoms with E-state index >= 15 is 0 Å². The second-order valence-electron chi connectivity index (χ2n) is 3.77. The molecule has 0 saturated carbocycles. The molecule has 0 fully saturated rings. The van der Waals surface area contributed by atoms with E-state index in [0.29, 0.717) is 0 Å². The molecular formula is C12H23N3Si. The van der Waals surface area contributed by atoms with Crippen molar-refractivity contribution >= 4 is 32.5 Å². The van der Waals surface area contributed by atoms with Crippen molar-refractivity contribution in [1.29, 1.82) is 0 Å². The molecule has 1 aromatic carbocycles. The maximum atomic E-state index is 3.46. The van der Waals surface area contributed by atoms with Crippen molar-refractivity contribution in [1.82, 2.24) is 0 Å². The lowest BCUT2D eigenvalue weighted by Gasteiger charge is -2.19. The fourth-order valence-corrected chi connectivity index (χ4v) is 2.40. The van der Waals surface area contributed by atoms with Crippen molar-refractivity contribution < 1.29 is 0 Å². The maximum Gasteiger partial charge on any atom is 0.0809 e. The van der Waals surface area contributed by atoms with Crippen LogP contribution in [0.2, 0.25) is 0 Å². The van der Waals surface area contributed by atoms with E-state index in [0.717, 1.165) is 29.9 Å². The molecule has 0 bridgehead atoms. The summed E-state index contributed by atoms with van der Waals surface area (Å²) in [7, 11) is 1.07. The summed E-state index contributed by atoms with van der Waals surface area (Å²) in [5.41, 5.74) is 3.69. The van der Waals surface area contributed by atoms with E-state index < -0.39 is 0 Å².